The molecule has 0 aliphatic carbocycles. The summed E-state index contributed by atoms with van der Waals surface area (Å²) in [6, 6.07) is 16.7. The summed E-state index contributed by atoms with van der Waals surface area (Å²) in [5, 5.41) is 1.22. The summed E-state index contributed by atoms with van der Waals surface area (Å²) in [6.07, 6.45) is 1.70. The quantitative estimate of drug-likeness (QED) is 0.491. The van der Waals surface area contributed by atoms with Gasteiger partial charge in [-0.15, -0.1) is 0 Å². The molecule has 0 unspecified atom stereocenters. The number of H-pyrrole nitrogens is 1. The first kappa shape index (κ1) is 21.2. The van der Waals surface area contributed by atoms with Crippen LogP contribution < -0.4 is 10.5 Å². The maximum absolute atomic E-state index is 13.6. The first-order valence-corrected chi connectivity index (χ1v) is 10.9. The number of hydrogen-bond acceptors (Lipinski definition) is 4. The standard InChI is InChI=1S/C25H20ClFN4O2/c26-20-11-19(12-21(27)14-20)18-3-5-23(28-15-18)30-7-9-31(10-8-30)25(33)17-2-1-16-4-6-24(32)29-22(16)13-17/h1-6,11-15H,7-10H2,(H,29,32). The summed E-state index contributed by atoms with van der Waals surface area (Å²) in [5.74, 6) is 0.351. The third-order valence-electron chi connectivity index (χ3n) is 5.81. The van der Waals surface area contributed by atoms with Crippen LogP contribution >= 0.6 is 11.6 Å². The minimum absolute atomic E-state index is 0.0625. The topological polar surface area (TPSA) is 69.3 Å². The van der Waals surface area contributed by atoms with Gasteiger partial charge in [0, 0.05) is 60.1 Å². The van der Waals surface area contributed by atoms with E-state index in [1.165, 1.54) is 18.2 Å². The lowest BCUT2D eigenvalue weighted by Crippen LogP contribution is -2.49. The highest BCUT2D eigenvalue weighted by Crippen LogP contribution is 2.26. The summed E-state index contributed by atoms with van der Waals surface area (Å²) in [5.41, 5.74) is 2.46. The van der Waals surface area contributed by atoms with Crippen molar-refractivity contribution >= 4 is 34.2 Å². The number of fused-ring (bicyclic) bond motifs is 1. The van der Waals surface area contributed by atoms with Crippen LogP contribution in [0.15, 0.2) is 71.7 Å². The summed E-state index contributed by atoms with van der Waals surface area (Å²) >= 11 is 5.96. The molecule has 1 amide bonds. The second kappa shape index (κ2) is 8.67. The number of anilines is 1. The molecule has 0 atom stereocenters. The van der Waals surface area contributed by atoms with E-state index in [1.807, 2.05) is 23.1 Å². The van der Waals surface area contributed by atoms with Crippen molar-refractivity contribution in [3.8, 4) is 11.1 Å². The Morgan fingerprint density at radius 3 is 2.45 bits per heavy atom. The first-order chi connectivity index (χ1) is 16.0. The Bertz CT molecular complexity index is 1380. The van der Waals surface area contributed by atoms with Gasteiger partial charge in [-0.05, 0) is 59.5 Å². The molecule has 166 valence electrons. The van der Waals surface area contributed by atoms with E-state index in [2.05, 4.69) is 14.9 Å². The number of hydrogen-bond donors (Lipinski definition) is 1. The summed E-state index contributed by atoms with van der Waals surface area (Å²) < 4.78 is 13.6. The number of amides is 1. The van der Waals surface area contributed by atoms with Gasteiger partial charge in [-0.3, -0.25) is 9.59 Å². The summed E-state index contributed by atoms with van der Waals surface area (Å²) in [4.78, 5) is 35.8. The van der Waals surface area contributed by atoms with E-state index in [9.17, 15) is 14.0 Å². The number of carbonyl (C=O) groups is 1. The number of aromatic amines is 1. The third-order valence-corrected chi connectivity index (χ3v) is 6.03. The second-order valence-corrected chi connectivity index (χ2v) is 8.40. The van der Waals surface area contributed by atoms with Gasteiger partial charge in [-0.1, -0.05) is 17.7 Å². The Hall–Kier alpha value is -3.71. The van der Waals surface area contributed by atoms with Crippen LogP contribution in [0.3, 0.4) is 0 Å². The molecule has 2 aromatic heterocycles. The van der Waals surface area contributed by atoms with E-state index in [1.54, 1.807) is 30.5 Å². The number of rotatable bonds is 3. The molecule has 6 nitrogen and oxygen atoms in total. The Morgan fingerprint density at radius 2 is 1.73 bits per heavy atom. The first-order valence-electron chi connectivity index (χ1n) is 10.6. The fraction of sp³-hybridized carbons (Fsp3) is 0.160. The third kappa shape index (κ3) is 4.45. The van der Waals surface area contributed by atoms with E-state index in [0.717, 1.165) is 16.8 Å². The Kier molecular flexibility index (Phi) is 5.56. The molecule has 1 N–H and O–H groups in total. The molecular weight excluding hydrogens is 443 g/mol. The van der Waals surface area contributed by atoms with Crippen molar-refractivity contribution in [1.82, 2.24) is 14.9 Å². The molecule has 1 saturated heterocycles. The zero-order valence-electron chi connectivity index (χ0n) is 17.6. The van der Waals surface area contributed by atoms with Crippen molar-refractivity contribution in [3.63, 3.8) is 0 Å². The van der Waals surface area contributed by atoms with Crippen molar-refractivity contribution in [2.24, 2.45) is 0 Å². The highest BCUT2D eigenvalue weighted by Gasteiger charge is 2.23. The minimum atomic E-state index is -0.389. The number of nitrogens with zero attached hydrogens (tertiary/aromatic N) is 3. The highest BCUT2D eigenvalue weighted by atomic mass is 35.5. The SMILES string of the molecule is O=C(c1ccc2ccc(=O)[nH]c2c1)N1CCN(c2ccc(-c3cc(F)cc(Cl)c3)cn2)CC1. The highest BCUT2D eigenvalue weighted by molar-refractivity contribution is 6.30. The lowest BCUT2D eigenvalue weighted by atomic mass is 10.1. The van der Waals surface area contributed by atoms with Gasteiger partial charge in [0.1, 0.15) is 11.6 Å². The van der Waals surface area contributed by atoms with Crippen LogP contribution in [0.2, 0.25) is 5.02 Å². The number of halogens is 2. The predicted molar refractivity (Wildman–Crippen MR) is 127 cm³/mol. The molecule has 4 aromatic rings. The molecule has 8 heteroatoms. The molecular formula is C25H20ClFN4O2. The van der Waals surface area contributed by atoms with Gasteiger partial charge >= 0.3 is 0 Å². The van der Waals surface area contributed by atoms with Gasteiger partial charge in [-0.2, -0.15) is 0 Å². The molecule has 0 saturated carbocycles. The Morgan fingerprint density at radius 1 is 0.939 bits per heavy atom. The van der Waals surface area contributed by atoms with Crippen molar-refractivity contribution in [3.05, 3.63) is 93.6 Å². The Balaban J connectivity index is 1.26. The summed E-state index contributed by atoms with van der Waals surface area (Å²) in [7, 11) is 0. The predicted octanol–water partition coefficient (Wildman–Crippen LogP) is 4.35. The number of benzene rings is 2. The molecule has 1 aliphatic rings. The fourth-order valence-corrected chi connectivity index (χ4v) is 4.29. The average molecular weight is 463 g/mol. The van der Waals surface area contributed by atoms with E-state index in [4.69, 9.17) is 11.6 Å². The smallest absolute Gasteiger partial charge is 0.254 e. The number of nitrogens with one attached hydrogen (secondary N) is 1. The van der Waals surface area contributed by atoms with Gasteiger partial charge in [0.15, 0.2) is 0 Å². The average Bonchev–Trinajstić information content (AvgIpc) is 2.83. The van der Waals surface area contributed by atoms with Gasteiger partial charge in [0.05, 0.1) is 0 Å². The largest absolute Gasteiger partial charge is 0.353 e. The van der Waals surface area contributed by atoms with Gasteiger partial charge < -0.3 is 14.8 Å². The molecule has 0 spiro atoms. The van der Waals surface area contributed by atoms with Crippen LogP contribution in [0.25, 0.3) is 22.0 Å². The van der Waals surface area contributed by atoms with Gasteiger partial charge in [-0.25, -0.2) is 9.37 Å². The molecule has 3 heterocycles. The van der Waals surface area contributed by atoms with Crippen LogP contribution in [0.1, 0.15) is 10.4 Å². The Labute approximate surface area is 194 Å². The van der Waals surface area contributed by atoms with Crippen molar-refractivity contribution in [1.29, 1.82) is 0 Å². The van der Waals surface area contributed by atoms with Crippen LogP contribution in [0.4, 0.5) is 10.2 Å². The van der Waals surface area contributed by atoms with Crippen molar-refractivity contribution in [2.75, 3.05) is 31.1 Å². The zero-order chi connectivity index (χ0) is 22.9. The molecule has 5 rings (SSSR count). The monoisotopic (exact) mass is 462 g/mol. The van der Waals surface area contributed by atoms with E-state index >= 15 is 0 Å². The van der Waals surface area contributed by atoms with Crippen LogP contribution in [-0.4, -0.2) is 47.0 Å². The van der Waals surface area contributed by atoms with E-state index in [-0.39, 0.29) is 17.3 Å². The maximum atomic E-state index is 13.6. The molecule has 2 aromatic carbocycles. The molecule has 1 aliphatic heterocycles. The van der Waals surface area contributed by atoms with Crippen LogP contribution in [0, 0.1) is 5.82 Å². The van der Waals surface area contributed by atoms with E-state index < -0.39 is 0 Å². The van der Waals surface area contributed by atoms with Crippen LogP contribution in [0.5, 0.6) is 0 Å². The van der Waals surface area contributed by atoms with Crippen molar-refractivity contribution in [2.45, 2.75) is 0 Å². The number of pyridine rings is 2. The number of piperazine rings is 1. The molecule has 0 bridgehead atoms. The molecule has 33 heavy (non-hydrogen) atoms. The second-order valence-electron chi connectivity index (χ2n) is 7.97. The van der Waals surface area contributed by atoms with E-state index in [0.29, 0.717) is 47.8 Å². The fourth-order valence-electron chi connectivity index (χ4n) is 4.07. The lowest BCUT2D eigenvalue weighted by molar-refractivity contribution is 0.0746. The summed E-state index contributed by atoms with van der Waals surface area (Å²) in [6.45, 7) is 2.42. The molecule has 0 radical (unpaired) electrons. The maximum Gasteiger partial charge on any atom is 0.254 e. The zero-order valence-corrected chi connectivity index (χ0v) is 18.3. The molecule has 1 fully saturated rings. The van der Waals surface area contributed by atoms with Crippen molar-refractivity contribution < 1.29 is 9.18 Å². The number of carbonyl (C=O) groups excluding carboxylic acids is 1. The van der Waals surface area contributed by atoms with Gasteiger partial charge in [0.2, 0.25) is 5.56 Å². The minimum Gasteiger partial charge on any atom is -0.353 e. The van der Waals surface area contributed by atoms with Crippen LogP contribution in [-0.2, 0) is 0 Å². The normalized spacial score (nSPS) is 14.0. The lowest BCUT2D eigenvalue weighted by Gasteiger charge is -2.35. The number of aromatic nitrogens is 2. The van der Waals surface area contributed by atoms with Gasteiger partial charge in [0.25, 0.3) is 5.91 Å².